The minimum atomic E-state index is -0.185. The SMILES string of the molecule is CCCC(CC)CCOC(C)Oc1ccc(C(CC)PC)cc1. The normalized spacial score (nSPS) is 15.7. The Bertz CT molecular complexity index is 401. The minimum Gasteiger partial charge on any atom is -0.465 e. The molecule has 132 valence electrons. The monoisotopic (exact) mass is 338 g/mol. The van der Waals surface area contributed by atoms with Crippen molar-refractivity contribution in [3.05, 3.63) is 29.8 Å². The van der Waals surface area contributed by atoms with Gasteiger partial charge < -0.3 is 9.47 Å². The van der Waals surface area contributed by atoms with E-state index < -0.39 is 0 Å². The Morgan fingerprint density at radius 1 is 1.00 bits per heavy atom. The summed E-state index contributed by atoms with van der Waals surface area (Å²) < 4.78 is 11.7. The summed E-state index contributed by atoms with van der Waals surface area (Å²) in [6.07, 6.45) is 5.94. The third-order valence-corrected chi connectivity index (χ3v) is 5.93. The molecular weight excluding hydrogens is 303 g/mol. The van der Waals surface area contributed by atoms with Crippen LogP contribution in [0.3, 0.4) is 0 Å². The standard InChI is InChI=1S/C20H35O2P/c1-6-9-17(7-2)14-15-21-16(4)22-19-12-10-18(11-13-19)20(8-3)23-5/h10-13,16-17,20,23H,6-9,14-15H2,1-5H3. The molecule has 0 aliphatic rings. The molecule has 0 saturated heterocycles. The average Bonchev–Trinajstić information content (AvgIpc) is 2.56. The van der Waals surface area contributed by atoms with Crippen LogP contribution in [0.15, 0.2) is 24.3 Å². The maximum Gasteiger partial charge on any atom is 0.196 e. The van der Waals surface area contributed by atoms with E-state index in [4.69, 9.17) is 9.47 Å². The lowest BCUT2D eigenvalue weighted by atomic mass is 9.98. The summed E-state index contributed by atoms with van der Waals surface area (Å²) in [5.74, 6) is 1.68. The summed E-state index contributed by atoms with van der Waals surface area (Å²) in [4.78, 5) is 0. The lowest BCUT2D eigenvalue weighted by Crippen LogP contribution is -2.18. The molecule has 0 spiro atoms. The van der Waals surface area contributed by atoms with E-state index in [0.29, 0.717) is 5.66 Å². The molecule has 1 aromatic carbocycles. The number of rotatable bonds is 12. The Hall–Kier alpha value is -0.590. The maximum atomic E-state index is 5.87. The third kappa shape index (κ3) is 7.68. The summed E-state index contributed by atoms with van der Waals surface area (Å²) in [7, 11) is 0.950. The highest BCUT2D eigenvalue weighted by atomic mass is 31.1. The Balaban J connectivity index is 2.37. The van der Waals surface area contributed by atoms with Gasteiger partial charge in [-0.3, -0.25) is 0 Å². The molecule has 23 heavy (non-hydrogen) atoms. The molecule has 0 aliphatic carbocycles. The van der Waals surface area contributed by atoms with Gasteiger partial charge in [0.05, 0.1) is 6.61 Å². The second-order valence-corrected chi connectivity index (χ2v) is 7.50. The van der Waals surface area contributed by atoms with E-state index in [1.54, 1.807) is 0 Å². The molecule has 4 atom stereocenters. The van der Waals surface area contributed by atoms with Crippen molar-refractivity contribution in [1.29, 1.82) is 0 Å². The number of hydrogen-bond donors (Lipinski definition) is 0. The Labute approximate surface area is 145 Å². The summed E-state index contributed by atoms with van der Waals surface area (Å²) in [5.41, 5.74) is 2.10. The zero-order valence-corrected chi connectivity index (χ0v) is 16.6. The number of benzene rings is 1. The van der Waals surface area contributed by atoms with Crippen LogP contribution < -0.4 is 4.74 Å². The van der Waals surface area contributed by atoms with Gasteiger partial charge in [-0.15, -0.1) is 8.58 Å². The van der Waals surface area contributed by atoms with Gasteiger partial charge in [-0.05, 0) is 50.0 Å². The maximum absolute atomic E-state index is 5.87. The fourth-order valence-corrected chi connectivity index (χ4v) is 3.91. The van der Waals surface area contributed by atoms with Crippen molar-refractivity contribution in [2.24, 2.45) is 5.92 Å². The van der Waals surface area contributed by atoms with Crippen LogP contribution in [-0.4, -0.2) is 19.6 Å². The molecule has 1 rings (SSSR count). The van der Waals surface area contributed by atoms with E-state index in [2.05, 4.69) is 51.7 Å². The first-order chi connectivity index (χ1) is 11.1. The molecule has 2 nitrogen and oxygen atoms in total. The Morgan fingerprint density at radius 3 is 2.22 bits per heavy atom. The molecule has 0 aromatic heterocycles. The second kappa shape index (κ2) is 11.9. The summed E-state index contributed by atoms with van der Waals surface area (Å²) in [6.45, 7) is 11.8. The van der Waals surface area contributed by atoms with Crippen molar-refractivity contribution in [3.63, 3.8) is 0 Å². The lowest BCUT2D eigenvalue weighted by Gasteiger charge is -2.19. The fourth-order valence-electron chi connectivity index (χ4n) is 2.97. The van der Waals surface area contributed by atoms with Crippen LogP contribution in [0.1, 0.15) is 71.0 Å². The second-order valence-electron chi connectivity index (χ2n) is 6.23. The molecule has 4 unspecified atom stereocenters. The largest absolute Gasteiger partial charge is 0.465 e. The van der Waals surface area contributed by atoms with Gasteiger partial charge in [0.15, 0.2) is 6.29 Å². The summed E-state index contributed by atoms with van der Waals surface area (Å²) >= 11 is 0. The third-order valence-electron chi connectivity index (χ3n) is 4.49. The molecule has 0 saturated carbocycles. The molecule has 0 N–H and O–H groups in total. The summed E-state index contributed by atoms with van der Waals surface area (Å²) in [6, 6.07) is 8.54. The fraction of sp³-hybridized carbons (Fsp3) is 0.700. The van der Waals surface area contributed by atoms with E-state index >= 15 is 0 Å². The van der Waals surface area contributed by atoms with Crippen LogP contribution in [-0.2, 0) is 4.74 Å². The molecule has 1 aromatic rings. The average molecular weight is 338 g/mol. The predicted molar refractivity (Wildman–Crippen MR) is 103 cm³/mol. The van der Waals surface area contributed by atoms with Crippen molar-refractivity contribution in [1.82, 2.24) is 0 Å². The molecule has 0 aliphatic heterocycles. The lowest BCUT2D eigenvalue weighted by molar-refractivity contribution is -0.0706. The molecule has 0 heterocycles. The quantitative estimate of drug-likeness (QED) is 0.324. The minimum absolute atomic E-state index is 0.185. The highest BCUT2D eigenvalue weighted by Crippen LogP contribution is 2.35. The van der Waals surface area contributed by atoms with Crippen LogP contribution in [0.25, 0.3) is 0 Å². The van der Waals surface area contributed by atoms with Crippen LogP contribution in [0.4, 0.5) is 0 Å². The van der Waals surface area contributed by atoms with Gasteiger partial charge in [0.1, 0.15) is 5.75 Å². The van der Waals surface area contributed by atoms with E-state index in [9.17, 15) is 0 Å². The highest BCUT2D eigenvalue weighted by molar-refractivity contribution is 7.37. The molecule has 0 radical (unpaired) electrons. The molecule has 3 heteroatoms. The van der Waals surface area contributed by atoms with E-state index in [-0.39, 0.29) is 6.29 Å². The van der Waals surface area contributed by atoms with Crippen molar-refractivity contribution in [2.45, 2.75) is 71.7 Å². The molecule has 0 amide bonds. The van der Waals surface area contributed by atoms with Gasteiger partial charge in [-0.2, -0.15) is 0 Å². The van der Waals surface area contributed by atoms with Gasteiger partial charge in [-0.1, -0.05) is 52.2 Å². The Morgan fingerprint density at radius 2 is 1.70 bits per heavy atom. The molecule has 0 bridgehead atoms. The van der Waals surface area contributed by atoms with E-state index in [1.807, 2.05) is 6.92 Å². The predicted octanol–water partition coefficient (Wildman–Crippen LogP) is 6.40. The van der Waals surface area contributed by atoms with Crippen LogP contribution in [0, 0.1) is 5.92 Å². The van der Waals surface area contributed by atoms with Crippen molar-refractivity contribution in [3.8, 4) is 5.75 Å². The number of hydrogen-bond acceptors (Lipinski definition) is 2. The summed E-state index contributed by atoms with van der Waals surface area (Å²) in [5, 5.41) is 0. The topological polar surface area (TPSA) is 18.5 Å². The first kappa shape index (κ1) is 20.5. The van der Waals surface area contributed by atoms with Gasteiger partial charge >= 0.3 is 0 Å². The Kier molecular flexibility index (Phi) is 10.6. The molecular formula is C20H35O2P. The van der Waals surface area contributed by atoms with Crippen LogP contribution in [0.2, 0.25) is 0 Å². The van der Waals surface area contributed by atoms with Crippen LogP contribution in [0.5, 0.6) is 5.75 Å². The van der Waals surface area contributed by atoms with Gasteiger partial charge in [0.2, 0.25) is 0 Å². The zero-order chi connectivity index (χ0) is 17.1. The van der Waals surface area contributed by atoms with Crippen molar-refractivity contribution in [2.75, 3.05) is 13.3 Å². The smallest absolute Gasteiger partial charge is 0.196 e. The molecule has 0 fully saturated rings. The van der Waals surface area contributed by atoms with Gasteiger partial charge in [0, 0.05) is 5.66 Å². The van der Waals surface area contributed by atoms with Crippen molar-refractivity contribution >= 4 is 8.58 Å². The van der Waals surface area contributed by atoms with Crippen LogP contribution >= 0.6 is 8.58 Å². The van der Waals surface area contributed by atoms with Gasteiger partial charge in [0.25, 0.3) is 0 Å². The zero-order valence-electron chi connectivity index (χ0n) is 15.6. The highest BCUT2D eigenvalue weighted by Gasteiger charge is 2.10. The first-order valence-corrected chi connectivity index (χ1v) is 10.8. The van der Waals surface area contributed by atoms with Crippen molar-refractivity contribution < 1.29 is 9.47 Å². The van der Waals surface area contributed by atoms with E-state index in [0.717, 1.165) is 33.3 Å². The van der Waals surface area contributed by atoms with E-state index in [1.165, 1.54) is 31.2 Å². The first-order valence-electron chi connectivity index (χ1n) is 9.19. The number of ether oxygens (including phenoxy) is 2. The van der Waals surface area contributed by atoms with Gasteiger partial charge in [-0.25, -0.2) is 0 Å².